The van der Waals surface area contributed by atoms with Crippen LogP contribution in [-0.4, -0.2) is 37.7 Å². The van der Waals surface area contributed by atoms with Gasteiger partial charge in [0.05, 0.1) is 4.91 Å². The van der Waals surface area contributed by atoms with Crippen molar-refractivity contribution in [2.24, 2.45) is 0 Å². The van der Waals surface area contributed by atoms with Crippen molar-refractivity contribution >= 4 is 39.6 Å². The summed E-state index contributed by atoms with van der Waals surface area (Å²) in [5.74, 6) is -0.505. The number of anilines is 1. The number of carbonyl (C=O) groups is 1. The summed E-state index contributed by atoms with van der Waals surface area (Å²) in [4.78, 5) is 13.8. The highest BCUT2D eigenvalue weighted by Gasteiger charge is 2.35. The normalized spacial score (nSPS) is 21.1. The summed E-state index contributed by atoms with van der Waals surface area (Å²) in [5.41, 5.74) is 1.80. The van der Waals surface area contributed by atoms with Gasteiger partial charge < -0.3 is 10.2 Å². The van der Waals surface area contributed by atoms with E-state index in [0.29, 0.717) is 0 Å². The SMILES string of the molecule is CN(C)c1ccc(C=C2SC(S(=O)(=O)O)NC2=O)cc1. The molecule has 8 heteroatoms. The Bertz CT molecular complexity index is 651. The van der Waals surface area contributed by atoms with Crippen LogP contribution in [0.2, 0.25) is 0 Å². The van der Waals surface area contributed by atoms with Crippen LogP contribution in [0.25, 0.3) is 6.08 Å². The molecule has 1 aliphatic rings. The molecule has 0 spiro atoms. The zero-order chi connectivity index (χ0) is 14.9. The van der Waals surface area contributed by atoms with Gasteiger partial charge in [0.2, 0.25) is 4.71 Å². The van der Waals surface area contributed by atoms with E-state index < -0.39 is 20.7 Å². The number of benzene rings is 1. The molecule has 6 nitrogen and oxygen atoms in total. The number of carbonyl (C=O) groups excluding carboxylic acids is 1. The Labute approximate surface area is 121 Å². The standard InChI is InChI=1S/C12H14N2O4S2/c1-14(2)9-5-3-8(4-6-9)7-10-11(15)13-12(19-10)20(16,17)18/h3-7,12H,1-2H3,(H,13,15)(H,16,17,18). The van der Waals surface area contributed by atoms with Crippen LogP contribution in [0.3, 0.4) is 0 Å². The highest BCUT2D eigenvalue weighted by Crippen LogP contribution is 2.31. The van der Waals surface area contributed by atoms with Gasteiger partial charge in [0.15, 0.2) is 0 Å². The van der Waals surface area contributed by atoms with Crippen LogP contribution in [0.15, 0.2) is 29.2 Å². The number of hydrogen-bond acceptors (Lipinski definition) is 5. The molecule has 1 unspecified atom stereocenters. The van der Waals surface area contributed by atoms with Crippen LogP contribution in [0.4, 0.5) is 5.69 Å². The Morgan fingerprint density at radius 2 is 1.90 bits per heavy atom. The average molecular weight is 314 g/mol. The Morgan fingerprint density at radius 3 is 2.35 bits per heavy atom. The van der Waals surface area contributed by atoms with Gasteiger partial charge in [0.1, 0.15) is 0 Å². The minimum absolute atomic E-state index is 0.255. The molecule has 0 bridgehead atoms. The first-order chi connectivity index (χ1) is 9.27. The van der Waals surface area contributed by atoms with E-state index in [1.807, 2.05) is 43.3 Å². The van der Waals surface area contributed by atoms with Gasteiger partial charge in [-0.05, 0) is 23.8 Å². The average Bonchev–Trinajstić information content (AvgIpc) is 2.71. The Hall–Kier alpha value is -1.51. The first-order valence-electron chi connectivity index (χ1n) is 5.70. The molecule has 1 aromatic rings. The van der Waals surface area contributed by atoms with Crippen molar-refractivity contribution < 1.29 is 17.8 Å². The highest BCUT2D eigenvalue weighted by molar-refractivity contribution is 8.15. The molecule has 0 saturated carbocycles. The zero-order valence-electron chi connectivity index (χ0n) is 10.9. The monoisotopic (exact) mass is 314 g/mol. The van der Waals surface area contributed by atoms with Crippen LogP contribution < -0.4 is 10.2 Å². The van der Waals surface area contributed by atoms with Crippen molar-refractivity contribution in [3.63, 3.8) is 0 Å². The topological polar surface area (TPSA) is 86.7 Å². The molecule has 0 aromatic heterocycles. The molecule has 108 valence electrons. The molecule has 2 N–H and O–H groups in total. The van der Waals surface area contributed by atoms with Crippen LogP contribution >= 0.6 is 11.8 Å². The maximum atomic E-state index is 11.6. The quantitative estimate of drug-likeness (QED) is 0.642. The van der Waals surface area contributed by atoms with Gasteiger partial charge in [-0.15, -0.1) is 0 Å². The van der Waals surface area contributed by atoms with Gasteiger partial charge in [-0.2, -0.15) is 8.42 Å². The molecule has 1 aliphatic heterocycles. The molecule has 1 saturated heterocycles. The van der Waals surface area contributed by atoms with Crippen LogP contribution in [-0.2, 0) is 14.9 Å². The van der Waals surface area contributed by atoms with Crippen LogP contribution in [0.1, 0.15) is 5.56 Å². The molecule has 2 rings (SSSR count). The highest BCUT2D eigenvalue weighted by atomic mass is 32.3. The Balaban J connectivity index is 2.21. The van der Waals surface area contributed by atoms with Gasteiger partial charge in [-0.1, -0.05) is 23.9 Å². The predicted molar refractivity (Wildman–Crippen MR) is 79.8 cm³/mol. The third-order valence-electron chi connectivity index (χ3n) is 2.68. The van der Waals surface area contributed by atoms with Crippen LogP contribution in [0.5, 0.6) is 0 Å². The molecule has 1 aromatic carbocycles. The number of nitrogens with zero attached hydrogens (tertiary/aromatic N) is 1. The second-order valence-electron chi connectivity index (χ2n) is 4.43. The zero-order valence-corrected chi connectivity index (χ0v) is 12.5. The van der Waals surface area contributed by atoms with Gasteiger partial charge in [-0.25, -0.2) is 0 Å². The van der Waals surface area contributed by atoms with Crippen molar-refractivity contribution in [2.75, 3.05) is 19.0 Å². The van der Waals surface area contributed by atoms with E-state index in [-0.39, 0.29) is 4.91 Å². The maximum Gasteiger partial charge on any atom is 0.296 e. The maximum absolute atomic E-state index is 11.6. The molecule has 1 heterocycles. The molecule has 1 atom stereocenters. The van der Waals surface area contributed by atoms with E-state index in [9.17, 15) is 13.2 Å². The van der Waals surface area contributed by atoms with E-state index in [0.717, 1.165) is 23.0 Å². The summed E-state index contributed by atoms with van der Waals surface area (Å²) in [7, 11) is -0.453. The lowest BCUT2D eigenvalue weighted by Gasteiger charge is -2.11. The third kappa shape index (κ3) is 3.33. The minimum atomic E-state index is -4.30. The first-order valence-corrected chi connectivity index (χ1v) is 8.08. The van der Waals surface area contributed by atoms with E-state index in [2.05, 4.69) is 5.32 Å². The largest absolute Gasteiger partial charge is 0.378 e. The number of nitrogens with one attached hydrogen (secondary N) is 1. The predicted octanol–water partition coefficient (Wildman–Crippen LogP) is 1.13. The fraction of sp³-hybridized carbons (Fsp3) is 0.250. The second-order valence-corrected chi connectivity index (χ2v) is 7.38. The van der Waals surface area contributed by atoms with Gasteiger partial charge in [-0.3, -0.25) is 9.35 Å². The number of rotatable bonds is 3. The first kappa shape index (κ1) is 14.9. The summed E-state index contributed by atoms with van der Waals surface area (Å²) in [5, 5.41) is 2.20. The van der Waals surface area contributed by atoms with Gasteiger partial charge >= 0.3 is 0 Å². The molecule has 1 amide bonds. The van der Waals surface area contributed by atoms with Crippen molar-refractivity contribution in [1.82, 2.24) is 5.32 Å². The number of amides is 1. The number of hydrogen-bond donors (Lipinski definition) is 2. The Morgan fingerprint density at radius 1 is 1.30 bits per heavy atom. The van der Waals surface area contributed by atoms with Crippen molar-refractivity contribution in [3.8, 4) is 0 Å². The van der Waals surface area contributed by atoms with E-state index >= 15 is 0 Å². The summed E-state index contributed by atoms with van der Waals surface area (Å²) >= 11 is 0.783. The lowest BCUT2D eigenvalue weighted by Crippen LogP contribution is -2.31. The summed E-state index contributed by atoms with van der Waals surface area (Å²) < 4.78 is 29.6. The fourth-order valence-electron chi connectivity index (χ4n) is 1.63. The van der Waals surface area contributed by atoms with E-state index in [4.69, 9.17) is 4.55 Å². The molecule has 20 heavy (non-hydrogen) atoms. The smallest absolute Gasteiger partial charge is 0.296 e. The molecule has 0 aliphatic carbocycles. The van der Waals surface area contributed by atoms with Crippen LogP contribution in [0, 0.1) is 0 Å². The molecule has 1 fully saturated rings. The summed E-state index contributed by atoms with van der Waals surface area (Å²) in [6.45, 7) is 0. The van der Waals surface area contributed by atoms with Crippen molar-refractivity contribution in [1.29, 1.82) is 0 Å². The van der Waals surface area contributed by atoms with Crippen molar-refractivity contribution in [3.05, 3.63) is 34.7 Å². The van der Waals surface area contributed by atoms with Crippen molar-refractivity contribution in [2.45, 2.75) is 4.71 Å². The minimum Gasteiger partial charge on any atom is -0.378 e. The molecule has 0 radical (unpaired) electrons. The second kappa shape index (κ2) is 5.47. The Kier molecular flexibility index (Phi) is 4.07. The van der Waals surface area contributed by atoms with Gasteiger partial charge in [0, 0.05) is 19.8 Å². The summed E-state index contributed by atoms with van der Waals surface area (Å²) in [6.07, 6.45) is 1.59. The lowest BCUT2D eigenvalue weighted by molar-refractivity contribution is -0.116. The molecular weight excluding hydrogens is 300 g/mol. The summed E-state index contributed by atoms with van der Waals surface area (Å²) in [6, 6.07) is 7.45. The molecular formula is C12H14N2O4S2. The van der Waals surface area contributed by atoms with Gasteiger partial charge in [0.25, 0.3) is 16.0 Å². The van der Waals surface area contributed by atoms with E-state index in [1.165, 1.54) is 0 Å². The fourth-order valence-corrected chi connectivity index (χ4v) is 3.45. The third-order valence-corrected chi connectivity index (χ3v) is 5.25. The lowest BCUT2D eigenvalue weighted by atomic mass is 10.2. The van der Waals surface area contributed by atoms with E-state index in [1.54, 1.807) is 6.08 Å². The number of thioether (sulfide) groups is 1.